The van der Waals surface area contributed by atoms with Crippen LogP contribution in [0.4, 0.5) is 0 Å². The maximum absolute atomic E-state index is 12.7. The summed E-state index contributed by atoms with van der Waals surface area (Å²) in [4.78, 5) is 12.3. The molecule has 0 aliphatic carbocycles. The summed E-state index contributed by atoms with van der Waals surface area (Å²) >= 11 is 0. The van der Waals surface area contributed by atoms with Crippen LogP contribution in [0.5, 0.6) is 11.5 Å². The molecule has 0 spiro atoms. The highest BCUT2D eigenvalue weighted by Crippen LogP contribution is 2.29. The lowest BCUT2D eigenvalue weighted by Gasteiger charge is -2.17. The molecule has 2 aromatic rings. The fraction of sp³-hybridized carbons (Fsp3) is 0.350. The van der Waals surface area contributed by atoms with Crippen LogP contribution >= 0.6 is 0 Å². The maximum Gasteiger partial charge on any atom is 0.310 e. The van der Waals surface area contributed by atoms with E-state index >= 15 is 0 Å². The summed E-state index contributed by atoms with van der Waals surface area (Å²) in [6.07, 6.45) is 0.369. The zero-order valence-corrected chi connectivity index (χ0v) is 17.0. The van der Waals surface area contributed by atoms with E-state index in [0.717, 1.165) is 5.56 Å². The Morgan fingerprint density at radius 1 is 1.04 bits per heavy atom. The Hall–Kier alpha value is -2.58. The Kier molecular flexibility index (Phi) is 7.83. The zero-order chi connectivity index (χ0) is 20.6. The molecule has 1 atom stereocenters. The first-order valence-electron chi connectivity index (χ1n) is 8.83. The standard InChI is InChI=1S/C20H25NO6S/c1-4-27-20(22)16(12-15-8-6-5-7-9-15)14-21-28(23,24)17-10-11-18(25-2)19(13-17)26-3/h5-11,13,16,21H,4,12,14H2,1-3H3. The smallest absolute Gasteiger partial charge is 0.310 e. The molecule has 0 heterocycles. The van der Waals surface area contributed by atoms with Crippen molar-refractivity contribution in [1.29, 1.82) is 0 Å². The third-order valence-corrected chi connectivity index (χ3v) is 5.55. The van der Waals surface area contributed by atoms with Gasteiger partial charge in [0, 0.05) is 12.6 Å². The van der Waals surface area contributed by atoms with Gasteiger partial charge in [-0.25, -0.2) is 13.1 Å². The van der Waals surface area contributed by atoms with Crippen LogP contribution in [0.1, 0.15) is 12.5 Å². The van der Waals surface area contributed by atoms with E-state index in [1.54, 1.807) is 6.92 Å². The molecule has 0 radical (unpaired) electrons. The summed E-state index contributed by atoms with van der Waals surface area (Å²) in [5, 5.41) is 0. The summed E-state index contributed by atoms with van der Waals surface area (Å²) < 4.78 is 43.2. The highest BCUT2D eigenvalue weighted by Gasteiger charge is 2.24. The summed E-state index contributed by atoms with van der Waals surface area (Å²) in [7, 11) is -0.948. The van der Waals surface area contributed by atoms with Crippen molar-refractivity contribution in [2.24, 2.45) is 5.92 Å². The number of carbonyl (C=O) groups excluding carboxylic acids is 1. The predicted molar refractivity (Wildman–Crippen MR) is 105 cm³/mol. The van der Waals surface area contributed by atoms with E-state index in [9.17, 15) is 13.2 Å². The molecule has 0 aliphatic heterocycles. The molecular weight excluding hydrogens is 382 g/mol. The van der Waals surface area contributed by atoms with Crippen LogP contribution in [0.25, 0.3) is 0 Å². The summed E-state index contributed by atoms with van der Waals surface area (Å²) in [6, 6.07) is 13.7. The molecular formula is C20H25NO6S. The normalized spacial score (nSPS) is 12.2. The van der Waals surface area contributed by atoms with Crippen LogP contribution in [-0.2, 0) is 26.0 Å². The Bertz CT molecular complexity index is 883. The average molecular weight is 407 g/mol. The van der Waals surface area contributed by atoms with E-state index in [2.05, 4.69) is 4.72 Å². The van der Waals surface area contributed by atoms with Crippen LogP contribution in [-0.4, -0.2) is 41.8 Å². The van der Waals surface area contributed by atoms with Gasteiger partial charge in [-0.3, -0.25) is 4.79 Å². The highest BCUT2D eigenvalue weighted by molar-refractivity contribution is 7.89. The molecule has 0 aromatic heterocycles. The lowest BCUT2D eigenvalue weighted by Crippen LogP contribution is -2.35. The molecule has 0 bridgehead atoms. The molecule has 1 unspecified atom stereocenters. The van der Waals surface area contributed by atoms with Crippen molar-refractivity contribution in [2.75, 3.05) is 27.4 Å². The van der Waals surface area contributed by atoms with Crippen molar-refractivity contribution < 1.29 is 27.4 Å². The first-order valence-corrected chi connectivity index (χ1v) is 10.3. The lowest BCUT2D eigenvalue weighted by molar-refractivity contribution is -0.147. The molecule has 0 aliphatic rings. The Morgan fingerprint density at radius 3 is 2.32 bits per heavy atom. The monoisotopic (exact) mass is 407 g/mol. The molecule has 1 N–H and O–H groups in total. The summed E-state index contributed by atoms with van der Waals surface area (Å²) in [6.45, 7) is 1.86. The van der Waals surface area contributed by atoms with Gasteiger partial charge in [-0.1, -0.05) is 30.3 Å². The Labute approximate surface area is 165 Å². The van der Waals surface area contributed by atoms with Crippen LogP contribution in [0.15, 0.2) is 53.4 Å². The predicted octanol–water partition coefficient (Wildman–Crippen LogP) is 2.40. The van der Waals surface area contributed by atoms with Gasteiger partial charge in [0.1, 0.15) is 0 Å². The van der Waals surface area contributed by atoms with Crippen LogP contribution in [0.3, 0.4) is 0 Å². The summed E-state index contributed by atoms with van der Waals surface area (Å²) in [5.74, 6) is -0.356. The van der Waals surface area contributed by atoms with Crippen molar-refractivity contribution >= 4 is 16.0 Å². The third kappa shape index (κ3) is 5.71. The van der Waals surface area contributed by atoms with Crippen molar-refractivity contribution in [3.05, 3.63) is 54.1 Å². The lowest BCUT2D eigenvalue weighted by atomic mass is 10.00. The van der Waals surface area contributed by atoms with E-state index < -0.39 is 21.9 Å². The van der Waals surface area contributed by atoms with Crippen molar-refractivity contribution in [2.45, 2.75) is 18.2 Å². The molecule has 0 amide bonds. The minimum absolute atomic E-state index is 0.0208. The SMILES string of the molecule is CCOC(=O)C(CNS(=O)(=O)c1ccc(OC)c(OC)c1)Cc1ccccc1. The van der Waals surface area contributed by atoms with E-state index in [1.165, 1.54) is 32.4 Å². The zero-order valence-electron chi connectivity index (χ0n) is 16.2. The Balaban J connectivity index is 2.17. The second kappa shape index (κ2) is 10.1. The minimum Gasteiger partial charge on any atom is -0.493 e. The fourth-order valence-corrected chi connectivity index (χ4v) is 3.77. The molecule has 0 fully saturated rings. The van der Waals surface area contributed by atoms with Gasteiger partial charge < -0.3 is 14.2 Å². The molecule has 0 saturated carbocycles. The number of benzene rings is 2. The summed E-state index contributed by atoms with van der Waals surface area (Å²) in [5.41, 5.74) is 0.922. The van der Waals surface area contributed by atoms with Crippen LogP contribution < -0.4 is 14.2 Å². The number of ether oxygens (including phenoxy) is 3. The molecule has 2 rings (SSSR count). The molecule has 7 nitrogen and oxygen atoms in total. The van der Waals surface area contributed by atoms with Gasteiger partial charge in [-0.05, 0) is 31.0 Å². The average Bonchev–Trinajstić information content (AvgIpc) is 2.71. The van der Waals surface area contributed by atoms with Gasteiger partial charge >= 0.3 is 5.97 Å². The number of rotatable bonds is 10. The van der Waals surface area contributed by atoms with Gasteiger partial charge in [-0.15, -0.1) is 0 Å². The van der Waals surface area contributed by atoms with Crippen molar-refractivity contribution in [3.8, 4) is 11.5 Å². The fourth-order valence-electron chi connectivity index (χ4n) is 2.67. The van der Waals surface area contributed by atoms with Crippen molar-refractivity contribution in [3.63, 3.8) is 0 Å². The van der Waals surface area contributed by atoms with Gasteiger partial charge in [-0.2, -0.15) is 0 Å². The number of carbonyl (C=O) groups is 1. The second-order valence-corrected chi connectivity index (χ2v) is 7.77. The number of nitrogens with one attached hydrogen (secondary N) is 1. The molecule has 0 saturated heterocycles. The van der Waals surface area contributed by atoms with Gasteiger partial charge in [0.15, 0.2) is 11.5 Å². The van der Waals surface area contributed by atoms with Crippen LogP contribution in [0, 0.1) is 5.92 Å². The third-order valence-electron chi connectivity index (χ3n) is 4.13. The maximum atomic E-state index is 12.7. The van der Waals surface area contributed by atoms with E-state index in [4.69, 9.17) is 14.2 Å². The van der Waals surface area contributed by atoms with E-state index in [1.807, 2.05) is 30.3 Å². The first kappa shape index (κ1) is 21.7. The molecule has 28 heavy (non-hydrogen) atoms. The van der Waals surface area contributed by atoms with Crippen molar-refractivity contribution in [1.82, 2.24) is 4.72 Å². The number of methoxy groups -OCH3 is 2. The molecule has 152 valence electrons. The number of hydrogen-bond donors (Lipinski definition) is 1. The van der Waals surface area contributed by atoms with Crippen LogP contribution in [0.2, 0.25) is 0 Å². The molecule has 8 heteroatoms. The number of esters is 1. The highest BCUT2D eigenvalue weighted by atomic mass is 32.2. The Morgan fingerprint density at radius 2 is 1.71 bits per heavy atom. The number of sulfonamides is 1. The van der Waals surface area contributed by atoms with E-state index in [0.29, 0.717) is 17.9 Å². The second-order valence-electron chi connectivity index (χ2n) is 6.01. The van der Waals surface area contributed by atoms with Gasteiger partial charge in [0.2, 0.25) is 10.0 Å². The topological polar surface area (TPSA) is 90.9 Å². The largest absolute Gasteiger partial charge is 0.493 e. The van der Waals surface area contributed by atoms with Gasteiger partial charge in [0.25, 0.3) is 0 Å². The first-order chi connectivity index (χ1) is 13.4. The van der Waals surface area contributed by atoms with E-state index in [-0.39, 0.29) is 18.0 Å². The quantitative estimate of drug-likeness (QED) is 0.608. The number of hydrogen-bond acceptors (Lipinski definition) is 6. The molecule has 2 aromatic carbocycles. The minimum atomic E-state index is -3.85. The van der Waals surface area contributed by atoms with Gasteiger partial charge in [0.05, 0.1) is 31.6 Å².